The van der Waals surface area contributed by atoms with Crippen molar-refractivity contribution in [3.63, 3.8) is 0 Å². The minimum Gasteiger partial charge on any atom is -0.493 e. The molecule has 4 aromatic rings. The highest BCUT2D eigenvalue weighted by molar-refractivity contribution is 5.88. The summed E-state index contributed by atoms with van der Waals surface area (Å²) in [4.78, 5) is 25.1. The van der Waals surface area contributed by atoms with Gasteiger partial charge in [-0.3, -0.25) is 4.57 Å². The minimum atomic E-state index is 0.355. The molecule has 0 spiro atoms. The molecule has 0 bridgehead atoms. The Balaban J connectivity index is 1.54. The molecule has 0 radical (unpaired) electrons. The highest BCUT2D eigenvalue weighted by atomic mass is 16.5. The molecule has 0 saturated carbocycles. The van der Waals surface area contributed by atoms with Crippen LogP contribution in [-0.4, -0.2) is 62.4 Å². The normalized spacial score (nSPS) is 15.8. The number of hydrogen-bond acceptors (Lipinski definition) is 9. The number of imidazole rings is 1. The Morgan fingerprint density at radius 1 is 0.968 bits per heavy atom. The van der Waals surface area contributed by atoms with Crippen LogP contribution in [0.4, 0.5) is 11.8 Å². The third-order valence-corrected chi connectivity index (χ3v) is 5.54. The molecule has 1 fully saturated rings. The summed E-state index contributed by atoms with van der Waals surface area (Å²) in [6.45, 7) is 3.45. The first-order valence-corrected chi connectivity index (χ1v) is 10.2. The van der Waals surface area contributed by atoms with Crippen LogP contribution in [0.5, 0.6) is 5.75 Å². The van der Waals surface area contributed by atoms with Crippen molar-refractivity contribution in [2.45, 2.75) is 6.42 Å². The van der Waals surface area contributed by atoms with Crippen molar-refractivity contribution in [3.05, 3.63) is 42.5 Å². The van der Waals surface area contributed by atoms with Crippen LogP contribution < -0.4 is 15.4 Å². The summed E-state index contributed by atoms with van der Waals surface area (Å²) in [5.74, 6) is 1.92. The number of nitrogen functional groups attached to an aromatic ring is 1. The largest absolute Gasteiger partial charge is 0.493 e. The molecule has 2 aliphatic rings. The molecule has 0 unspecified atom stereocenters. The summed E-state index contributed by atoms with van der Waals surface area (Å²) >= 11 is 0. The number of fused-ring (bicyclic) bond motifs is 2. The zero-order valence-corrected chi connectivity index (χ0v) is 16.7. The molecule has 2 N–H and O–H groups in total. The van der Waals surface area contributed by atoms with Crippen molar-refractivity contribution in [1.82, 2.24) is 29.5 Å². The van der Waals surface area contributed by atoms with E-state index in [1.165, 1.54) is 11.8 Å². The monoisotopic (exact) mass is 416 g/mol. The van der Waals surface area contributed by atoms with E-state index in [0.717, 1.165) is 30.9 Å². The van der Waals surface area contributed by atoms with Crippen LogP contribution in [0.15, 0.2) is 36.9 Å². The number of hydrogen-bond donors (Lipinski definition) is 1. The van der Waals surface area contributed by atoms with E-state index in [9.17, 15) is 0 Å². The van der Waals surface area contributed by atoms with Crippen LogP contribution in [0.3, 0.4) is 0 Å². The molecule has 1 aromatic carbocycles. The van der Waals surface area contributed by atoms with Crippen LogP contribution >= 0.6 is 0 Å². The van der Waals surface area contributed by atoms with Gasteiger partial charge in [0, 0.05) is 25.2 Å². The zero-order valence-electron chi connectivity index (χ0n) is 16.7. The smallest absolute Gasteiger partial charge is 0.228 e. The Morgan fingerprint density at radius 2 is 1.87 bits per heavy atom. The molecule has 3 aromatic heterocycles. The van der Waals surface area contributed by atoms with Gasteiger partial charge in [-0.15, -0.1) is 0 Å². The second-order valence-electron chi connectivity index (χ2n) is 7.48. The summed E-state index contributed by atoms with van der Waals surface area (Å²) in [6, 6.07) is 6.15. The van der Waals surface area contributed by atoms with Crippen molar-refractivity contribution < 1.29 is 9.47 Å². The third kappa shape index (κ3) is 3.12. The average molecular weight is 416 g/mol. The van der Waals surface area contributed by atoms with Crippen LogP contribution in [0.1, 0.15) is 5.56 Å². The number of nitrogens with two attached hydrogens (primary N) is 1. The van der Waals surface area contributed by atoms with Gasteiger partial charge in [0.15, 0.2) is 5.65 Å². The third-order valence-electron chi connectivity index (χ3n) is 5.54. The molecular weight excluding hydrogens is 396 g/mol. The lowest BCUT2D eigenvalue weighted by Crippen LogP contribution is -2.37. The van der Waals surface area contributed by atoms with Crippen molar-refractivity contribution in [2.75, 3.05) is 43.5 Å². The van der Waals surface area contributed by atoms with Crippen molar-refractivity contribution in [1.29, 1.82) is 0 Å². The first-order valence-electron chi connectivity index (χ1n) is 10.2. The standard InChI is InChI=1S/C21H20N8O2/c22-17-11-23-15(10-24-17)18-19-20(27-21(26-18)28-4-7-30-8-5-28)29(12-25-19)14-1-2-16-13(9-14)3-6-31-16/h1-2,9-12H,3-8H2,(H2,22,24). The molecule has 6 rings (SSSR count). The fourth-order valence-electron chi connectivity index (χ4n) is 3.94. The van der Waals surface area contributed by atoms with Crippen LogP contribution in [-0.2, 0) is 11.2 Å². The van der Waals surface area contributed by atoms with Crippen molar-refractivity contribution in [3.8, 4) is 22.8 Å². The summed E-state index contributed by atoms with van der Waals surface area (Å²) in [7, 11) is 0. The first kappa shape index (κ1) is 18.0. The number of aromatic nitrogens is 6. The molecule has 10 nitrogen and oxygen atoms in total. The fraction of sp³-hybridized carbons (Fsp3) is 0.286. The Kier molecular flexibility index (Phi) is 4.17. The molecule has 31 heavy (non-hydrogen) atoms. The molecule has 0 amide bonds. The van der Waals surface area contributed by atoms with E-state index in [1.807, 2.05) is 16.7 Å². The molecule has 0 atom stereocenters. The molecule has 10 heteroatoms. The SMILES string of the molecule is Nc1cnc(-c2nc(N3CCOCC3)nc3c2ncn3-c2ccc3c(c2)CCO3)cn1. The molecule has 1 saturated heterocycles. The highest BCUT2D eigenvalue weighted by Gasteiger charge is 2.22. The van der Waals surface area contributed by atoms with E-state index in [2.05, 4.69) is 25.9 Å². The highest BCUT2D eigenvalue weighted by Crippen LogP contribution is 2.31. The van der Waals surface area contributed by atoms with E-state index in [1.54, 1.807) is 12.5 Å². The number of morpholine rings is 1. The number of benzene rings is 1. The zero-order chi connectivity index (χ0) is 20.8. The predicted octanol–water partition coefficient (Wildman–Crippen LogP) is 1.63. The van der Waals surface area contributed by atoms with Gasteiger partial charge in [0.25, 0.3) is 0 Å². The lowest BCUT2D eigenvalue weighted by Gasteiger charge is -2.27. The van der Waals surface area contributed by atoms with Crippen molar-refractivity contribution in [2.24, 2.45) is 0 Å². The molecule has 156 valence electrons. The van der Waals surface area contributed by atoms with Crippen LogP contribution in [0.2, 0.25) is 0 Å². The quantitative estimate of drug-likeness (QED) is 0.532. The van der Waals surface area contributed by atoms with Gasteiger partial charge in [-0.2, -0.15) is 4.98 Å². The minimum absolute atomic E-state index is 0.355. The van der Waals surface area contributed by atoms with Gasteiger partial charge in [-0.05, 0) is 23.8 Å². The fourth-order valence-corrected chi connectivity index (χ4v) is 3.94. The maximum Gasteiger partial charge on any atom is 0.228 e. The summed E-state index contributed by atoms with van der Waals surface area (Å²) in [5, 5.41) is 0. The summed E-state index contributed by atoms with van der Waals surface area (Å²) in [5.41, 5.74) is 10.5. The molecule has 0 aliphatic carbocycles. The number of ether oxygens (including phenoxy) is 2. The Hall–Kier alpha value is -3.79. The lowest BCUT2D eigenvalue weighted by molar-refractivity contribution is 0.122. The lowest BCUT2D eigenvalue weighted by atomic mass is 10.1. The maximum absolute atomic E-state index is 5.73. The van der Waals surface area contributed by atoms with E-state index in [4.69, 9.17) is 25.2 Å². The second kappa shape index (κ2) is 7.17. The topological polar surface area (TPSA) is 117 Å². The first-order chi connectivity index (χ1) is 15.3. The Bertz CT molecular complexity index is 1260. The van der Waals surface area contributed by atoms with Crippen molar-refractivity contribution >= 4 is 22.9 Å². The predicted molar refractivity (Wildman–Crippen MR) is 114 cm³/mol. The van der Waals surface area contributed by atoms with Gasteiger partial charge >= 0.3 is 0 Å². The Morgan fingerprint density at radius 3 is 2.71 bits per heavy atom. The van der Waals surface area contributed by atoms with Gasteiger partial charge in [-0.25, -0.2) is 19.9 Å². The molecule has 5 heterocycles. The van der Waals surface area contributed by atoms with Gasteiger partial charge in [0.2, 0.25) is 5.95 Å². The van der Waals surface area contributed by atoms with Gasteiger partial charge in [0.1, 0.15) is 34.8 Å². The number of nitrogens with zero attached hydrogens (tertiary/aromatic N) is 7. The van der Waals surface area contributed by atoms with E-state index in [-0.39, 0.29) is 0 Å². The maximum atomic E-state index is 5.73. The van der Waals surface area contributed by atoms with Crippen LogP contribution in [0.25, 0.3) is 28.2 Å². The summed E-state index contributed by atoms with van der Waals surface area (Å²) in [6.07, 6.45) is 5.81. The molecular formula is C21H20N8O2. The number of rotatable bonds is 3. The second-order valence-corrected chi connectivity index (χ2v) is 7.48. The van der Waals surface area contributed by atoms with E-state index < -0.39 is 0 Å². The average Bonchev–Trinajstić information content (AvgIpc) is 3.46. The van der Waals surface area contributed by atoms with Crippen LogP contribution in [0, 0.1) is 0 Å². The van der Waals surface area contributed by atoms with Gasteiger partial charge in [0.05, 0.1) is 32.2 Å². The Labute approximate surface area is 177 Å². The number of anilines is 2. The van der Waals surface area contributed by atoms with E-state index >= 15 is 0 Å². The van der Waals surface area contributed by atoms with Gasteiger partial charge in [-0.1, -0.05) is 0 Å². The van der Waals surface area contributed by atoms with E-state index in [0.29, 0.717) is 54.1 Å². The summed E-state index contributed by atoms with van der Waals surface area (Å²) < 4.78 is 13.1. The van der Waals surface area contributed by atoms with Gasteiger partial charge < -0.3 is 20.1 Å². The molecule has 2 aliphatic heterocycles.